The van der Waals surface area contributed by atoms with Gasteiger partial charge in [0, 0.05) is 0 Å². The van der Waals surface area contributed by atoms with Crippen molar-refractivity contribution in [3.8, 4) is 11.8 Å². The summed E-state index contributed by atoms with van der Waals surface area (Å²) in [4.78, 5) is 8.12. The molecule has 0 saturated heterocycles. The van der Waals surface area contributed by atoms with E-state index in [9.17, 15) is 21.6 Å². The Morgan fingerprint density at radius 3 is 2.12 bits per heavy atom. The lowest BCUT2D eigenvalue weighted by atomic mass is 10.1. The third-order valence-corrected chi connectivity index (χ3v) is 4.43. The molecule has 0 aliphatic carbocycles. The van der Waals surface area contributed by atoms with Gasteiger partial charge in [0.1, 0.15) is 5.52 Å². The summed E-state index contributed by atoms with van der Waals surface area (Å²) in [7, 11) is -3.00. The molecule has 7 nitrogen and oxygen atoms in total. The molecule has 1 heterocycles. The minimum atomic E-state index is -5.61. The number of anilines is 1. The van der Waals surface area contributed by atoms with Gasteiger partial charge in [-0.3, -0.25) is 4.72 Å². The number of fused-ring (bicyclic) bond motifs is 1. The summed E-state index contributed by atoms with van der Waals surface area (Å²) in [6, 6.07) is 1.56. The molecule has 24 heavy (non-hydrogen) atoms. The molecular weight excluding hydrogens is 351 g/mol. The zero-order chi connectivity index (χ0) is 18.3. The number of rotatable bonds is 4. The second-order valence-electron chi connectivity index (χ2n) is 4.85. The molecule has 0 aliphatic rings. The molecular formula is C13H14F3N3O4S. The maximum absolute atomic E-state index is 12.7. The van der Waals surface area contributed by atoms with Crippen LogP contribution in [-0.4, -0.2) is 38.1 Å². The van der Waals surface area contributed by atoms with Crippen molar-refractivity contribution in [2.45, 2.75) is 19.4 Å². The van der Waals surface area contributed by atoms with Gasteiger partial charge in [-0.1, -0.05) is 0 Å². The Kier molecular flexibility index (Phi) is 4.48. The van der Waals surface area contributed by atoms with E-state index in [0.717, 1.165) is 0 Å². The van der Waals surface area contributed by atoms with Gasteiger partial charge in [-0.05, 0) is 31.0 Å². The first kappa shape index (κ1) is 18.0. The number of aryl methyl sites for hydroxylation is 1. The van der Waals surface area contributed by atoms with Gasteiger partial charge in [0.25, 0.3) is 11.8 Å². The van der Waals surface area contributed by atoms with Crippen LogP contribution in [0.1, 0.15) is 11.1 Å². The highest BCUT2D eigenvalue weighted by Gasteiger charge is 2.46. The van der Waals surface area contributed by atoms with Gasteiger partial charge in [-0.2, -0.15) is 21.6 Å². The zero-order valence-corrected chi connectivity index (χ0v) is 14.0. The molecule has 132 valence electrons. The number of ether oxygens (including phenoxy) is 2. The highest BCUT2D eigenvalue weighted by molar-refractivity contribution is 7.93. The van der Waals surface area contributed by atoms with E-state index in [0.29, 0.717) is 5.56 Å². The Bertz CT molecular complexity index is 898. The third kappa shape index (κ3) is 3.03. The second-order valence-corrected chi connectivity index (χ2v) is 6.53. The van der Waals surface area contributed by atoms with Crippen molar-refractivity contribution in [1.82, 2.24) is 9.97 Å². The van der Waals surface area contributed by atoms with Gasteiger partial charge < -0.3 is 9.47 Å². The van der Waals surface area contributed by atoms with E-state index in [1.54, 1.807) is 17.7 Å². The Balaban J connectivity index is 2.79. The van der Waals surface area contributed by atoms with Crippen LogP contribution in [0.5, 0.6) is 11.8 Å². The largest absolute Gasteiger partial charge is 0.516 e. The molecule has 0 atom stereocenters. The first-order valence-corrected chi connectivity index (χ1v) is 7.99. The van der Waals surface area contributed by atoms with Crippen LogP contribution in [0.4, 0.5) is 18.9 Å². The smallest absolute Gasteiger partial charge is 0.477 e. The van der Waals surface area contributed by atoms with Gasteiger partial charge in [0.2, 0.25) is 0 Å². The van der Waals surface area contributed by atoms with Crippen molar-refractivity contribution < 1.29 is 31.1 Å². The number of hydrogen-bond acceptors (Lipinski definition) is 6. The van der Waals surface area contributed by atoms with Crippen LogP contribution < -0.4 is 14.2 Å². The summed E-state index contributed by atoms with van der Waals surface area (Å²) >= 11 is 0. The number of sulfonamides is 1. The van der Waals surface area contributed by atoms with Crippen molar-refractivity contribution in [1.29, 1.82) is 0 Å². The van der Waals surface area contributed by atoms with Gasteiger partial charge in [0.15, 0.2) is 0 Å². The minimum absolute atomic E-state index is 0.0258. The number of nitrogens with one attached hydrogen (secondary N) is 1. The van der Waals surface area contributed by atoms with Crippen LogP contribution in [0.25, 0.3) is 11.0 Å². The number of nitrogens with zero attached hydrogens (tertiary/aromatic N) is 2. The fourth-order valence-electron chi connectivity index (χ4n) is 1.97. The van der Waals surface area contributed by atoms with Crippen molar-refractivity contribution in [2.24, 2.45) is 0 Å². The molecule has 0 spiro atoms. The number of benzene rings is 1. The third-order valence-electron chi connectivity index (χ3n) is 3.35. The van der Waals surface area contributed by atoms with Gasteiger partial charge in [-0.25, -0.2) is 9.97 Å². The fourth-order valence-corrected chi connectivity index (χ4v) is 2.61. The average molecular weight is 365 g/mol. The lowest BCUT2D eigenvalue weighted by molar-refractivity contribution is -0.0429. The fraction of sp³-hybridized carbons (Fsp3) is 0.385. The highest BCUT2D eigenvalue weighted by atomic mass is 32.2. The summed E-state index contributed by atoms with van der Waals surface area (Å²) in [5, 5.41) is 0. The first-order valence-electron chi connectivity index (χ1n) is 6.51. The van der Waals surface area contributed by atoms with Crippen molar-refractivity contribution in [3.63, 3.8) is 0 Å². The molecule has 2 aromatic rings. The monoisotopic (exact) mass is 365 g/mol. The average Bonchev–Trinajstić information content (AvgIpc) is 2.49. The van der Waals surface area contributed by atoms with E-state index >= 15 is 0 Å². The molecule has 11 heteroatoms. The predicted octanol–water partition coefficient (Wildman–Crippen LogP) is 2.53. The standard InChI is InChI=1S/C13H14F3N3O4S/c1-6-5-8-10(18-12(23-4)11(17-8)22-3)9(7(6)2)19-24(20,21)13(14,15)16/h5,19H,1-4H3. The maximum Gasteiger partial charge on any atom is 0.516 e. The zero-order valence-electron chi connectivity index (χ0n) is 13.1. The first-order chi connectivity index (χ1) is 11.0. The van der Waals surface area contributed by atoms with Crippen molar-refractivity contribution in [3.05, 3.63) is 17.2 Å². The normalized spacial score (nSPS) is 12.3. The summed E-state index contributed by atoms with van der Waals surface area (Å²) in [5.41, 5.74) is -4.87. The summed E-state index contributed by atoms with van der Waals surface area (Å²) in [6.07, 6.45) is 0. The van der Waals surface area contributed by atoms with Crippen LogP contribution in [-0.2, 0) is 10.0 Å². The maximum atomic E-state index is 12.7. The van der Waals surface area contributed by atoms with E-state index in [-0.39, 0.29) is 34.0 Å². The molecule has 0 amide bonds. The van der Waals surface area contributed by atoms with Crippen molar-refractivity contribution >= 4 is 26.7 Å². The van der Waals surface area contributed by atoms with Crippen LogP contribution in [0.2, 0.25) is 0 Å². The quantitative estimate of drug-likeness (QED) is 0.895. The Labute approximate surface area is 135 Å². The van der Waals surface area contributed by atoms with Gasteiger partial charge >= 0.3 is 15.5 Å². The van der Waals surface area contributed by atoms with Crippen LogP contribution >= 0.6 is 0 Å². The number of aromatic nitrogens is 2. The van der Waals surface area contributed by atoms with Gasteiger partial charge in [-0.15, -0.1) is 0 Å². The molecule has 2 rings (SSSR count). The number of hydrogen-bond donors (Lipinski definition) is 1. The molecule has 0 bridgehead atoms. The number of methoxy groups -OCH3 is 2. The Morgan fingerprint density at radius 1 is 1.08 bits per heavy atom. The molecule has 0 radical (unpaired) electrons. The predicted molar refractivity (Wildman–Crippen MR) is 80.7 cm³/mol. The lowest BCUT2D eigenvalue weighted by Crippen LogP contribution is -2.30. The molecule has 1 aromatic carbocycles. The van der Waals surface area contributed by atoms with E-state index < -0.39 is 15.5 Å². The number of alkyl halides is 3. The minimum Gasteiger partial charge on any atom is -0.477 e. The molecule has 1 N–H and O–H groups in total. The van der Waals surface area contributed by atoms with Crippen LogP contribution in [0, 0.1) is 13.8 Å². The molecule has 0 saturated carbocycles. The number of halogens is 3. The van der Waals surface area contributed by atoms with E-state index in [4.69, 9.17) is 9.47 Å². The van der Waals surface area contributed by atoms with Crippen LogP contribution in [0.15, 0.2) is 6.07 Å². The lowest BCUT2D eigenvalue weighted by Gasteiger charge is -2.16. The molecule has 0 aliphatic heterocycles. The molecule has 0 fully saturated rings. The molecule has 1 aromatic heterocycles. The summed E-state index contributed by atoms with van der Waals surface area (Å²) in [6.45, 7) is 3.08. The van der Waals surface area contributed by atoms with Crippen LogP contribution in [0.3, 0.4) is 0 Å². The van der Waals surface area contributed by atoms with E-state index in [2.05, 4.69) is 9.97 Å². The van der Waals surface area contributed by atoms with Crippen molar-refractivity contribution in [2.75, 3.05) is 18.9 Å². The highest BCUT2D eigenvalue weighted by Crippen LogP contribution is 2.35. The van der Waals surface area contributed by atoms with Gasteiger partial charge in [0.05, 0.1) is 25.4 Å². The van der Waals surface area contributed by atoms with E-state index in [1.807, 2.05) is 0 Å². The van der Waals surface area contributed by atoms with E-state index in [1.165, 1.54) is 21.1 Å². The summed E-state index contributed by atoms with van der Waals surface area (Å²) in [5.74, 6) is -0.0569. The topological polar surface area (TPSA) is 90.4 Å². The Morgan fingerprint density at radius 2 is 1.62 bits per heavy atom. The Hall–Kier alpha value is -2.30. The molecule has 0 unspecified atom stereocenters. The second kappa shape index (κ2) is 5.96. The SMILES string of the molecule is COc1nc2cc(C)c(C)c(NS(=O)(=O)C(F)(F)F)c2nc1OC. The summed E-state index contributed by atoms with van der Waals surface area (Å²) < 4.78 is 72.5.